The van der Waals surface area contributed by atoms with Crippen LogP contribution < -0.4 is 0 Å². The number of hydrogen-bond donors (Lipinski definition) is 0. The first-order chi connectivity index (χ1) is 20.8. The summed E-state index contributed by atoms with van der Waals surface area (Å²) < 4.78 is 0. The maximum absolute atomic E-state index is 2.38. The standard InChI is InChI=1S/C41H26S/c1-5-13-32-26(9-1)21-23-36-40(32)39(41-33-14-6-2-10-27(33)22-24-37(41)42-36)29-19-17-28(18-20-29)38-34-15-7-3-11-30(34)25-31-12-4-8-16-35(31)38/h1-25,39H. The lowest BCUT2D eigenvalue weighted by molar-refractivity contribution is 0.926. The Hall–Kier alpha value is -4.85. The number of hydrogen-bond acceptors (Lipinski definition) is 1. The van der Waals surface area contributed by atoms with Gasteiger partial charge in [-0.25, -0.2) is 0 Å². The average Bonchev–Trinajstić information content (AvgIpc) is 3.06. The summed E-state index contributed by atoms with van der Waals surface area (Å²) >= 11 is 1.91. The molecule has 0 fully saturated rings. The maximum Gasteiger partial charge on any atom is 0.0374 e. The molecule has 0 spiro atoms. The van der Waals surface area contributed by atoms with Gasteiger partial charge in [-0.3, -0.25) is 0 Å². The molecule has 1 heterocycles. The van der Waals surface area contributed by atoms with Crippen molar-refractivity contribution in [2.24, 2.45) is 0 Å². The van der Waals surface area contributed by atoms with Crippen LogP contribution in [-0.4, -0.2) is 0 Å². The molecule has 0 unspecified atom stereocenters. The van der Waals surface area contributed by atoms with Crippen LogP contribution in [-0.2, 0) is 0 Å². The third-order valence-corrected chi connectivity index (χ3v) is 10.1. The normalized spacial score (nSPS) is 13.0. The SMILES string of the molecule is c1ccc2c3c(ccc2c1)Sc1ccc2ccccc2c1C3c1ccc(-c2c3ccccc3cc3ccccc23)cc1. The Bertz CT molecular complexity index is 2190. The second kappa shape index (κ2) is 9.34. The number of rotatable bonds is 2. The largest absolute Gasteiger partial charge is 0.0894 e. The van der Waals surface area contributed by atoms with E-state index in [9.17, 15) is 0 Å². The molecule has 0 aromatic heterocycles. The molecule has 0 saturated carbocycles. The molecule has 0 radical (unpaired) electrons. The fraction of sp³-hybridized carbons (Fsp3) is 0.0244. The van der Waals surface area contributed by atoms with Crippen molar-refractivity contribution in [2.45, 2.75) is 15.7 Å². The van der Waals surface area contributed by atoms with Crippen molar-refractivity contribution >= 4 is 54.9 Å². The molecule has 0 N–H and O–H groups in total. The summed E-state index contributed by atoms with van der Waals surface area (Å²) in [6, 6.07) is 56.2. The Kier molecular flexibility index (Phi) is 5.30. The van der Waals surface area contributed by atoms with Gasteiger partial charge >= 0.3 is 0 Å². The van der Waals surface area contributed by atoms with Crippen LogP contribution in [0, 0.1) is 0 Å². The van der Waals surface area contributed by atoms with E-state index in [0.29, 0.717) is 0 Å². The smallest absolute Gasteiger partial charge is 0.0374 e. The minimum Gasteiger partial charge on any atom is -0.0894 e. The van der Waals surface area contributed by atoms with Gasteiger partial charge in [-0.1, -0.05) is 145 Å². The lowest BCUT2D eigenvalue weighted by atomic mass is 9.80. The zero-order chi connectivity index (χ0) is 27.6. The Morgan fingerprint density at radius 3 is 1.36 bits per heavy atom. The average molecular weight is 551 g/mol. The molecule has 9 rings (SSSR count). The van der Waals surface area contributed by atoms with Crippen molar-refractivity contribution in [1.29, 1.82) is 0 Å². The highest BCUT2D eigenvalue weighted by Gasteiger charge is 2.31. The molecule has 1 heteroatoms. The van der Waals surface area contributed by atoms with Crippen LogP contribution in [0.1, 0.15) is 22.6 Å². The fourth-order valence-corrected chi connectivity index (χ4v) is 8.27. The summed E-state index contributed by atoms with van der Waals surface area (Å²) in [6.45, 7) is 0. The fourth-order valence-electron chi connectivity index (χ4n) is 7.09. The summed E-state index contributed by atoms with van der Waals surface area (Å²) in [6.07, 6.45) is 0. The van der Waals surface area contributed by atoms with Gasteiger partial charge in [-0.05, 0) is 89.1 Å². The first-order valence-corrected chi connectivity index (χ1v) is 15.4. The third-order valence-electron chi connectivity index (χ3n) is 8.96. The molecule has 0 bridgehead atoms. The van der Waals surface area contributed by atoms with E-state index in [-0.39, 0.29) is 5.92 Å². The van der Waals surface area contributed by atoms with Crippen LogP contribution in [0.2, 0.25) is 0 Å². The minimum atomic E-state index is 0.145. The molecule has 8 aromatic carbocycles. The number of fused-ring (bicyclic) bond motifs is 8. The molecule has 42 heavy (non-hydrogen) atoms. The summed E-state index contributed by atoms with van der Waals surface area (Å²) in [4.78, 5) is 2.70. The Morgan fingerprint density at radius 2 is 0.833 bits per heavy atom. The van der Waals surface area contributed by atoms with Crippen LogP contribution >= 0.6 is 11.8 Å². The molecule has 0 nitrogen and oxygen atoms in total. The van der Waals surface area contributed by atoms with Gasteiger partial charge in [-0.15, -0.1) is 0 Å². The van der Waals surface area contributed by atoms with Crippen LogP contribution in [0.5, 0.6) is 0 Å². The molecule has 0 aliphatic carbocycles. The summed E-state index contributed by atoms with van der Waals surface area (Å²) in [5.41, 5.74) is 6.74. The van der Waals surface area contributed by atoms with Crippen molar-refractivity contribution < 1.29 is 0 Å². The molecule has 0 amide bonds. The van der Waals surface area contributed by atoms with E-state index in [1.165, 1.54) is 80.7 Å². The summed E-state index contributed by atoms with van der Waals surface area (Å²) in [7, 11) is 0. The monoisotopic (exact) mass is 550 g/mol. The molecule has 196 valence electrons. The van der Waals surface area contributed by atoms with Gasteiger partial charge in [0.25, 0.3) is 0 Å². The zero-order valence-electron chi connectivity index (χ0n) is 22.9. The van der Waals surface area contributed by atoms with Crippen LogP contribution in [0.15, 0.2) is 161 Å². The highest BCUT2D eigenvalue weighted by Crippen LogP contribution is 2.53. The lowest BCUT2D eigenvalue weighted by Gasteiger charge is -2.31. The molecule has 1 aliphatic rings. The topological polar surface area (TPSA) is 0 Å². The summed E-state index contributed by atoms with van der Waals surface area (Å²) in [5, 5.41) is 10.4. The predicted molar refractivity (Wildman–Crippen MR) is 180 cm³/mol. The van der Waals surface area contributed by atoms with Crippen molar-refractivity contribution in [2.75, 3.05) is 0 Å². The van der Waals surface area contributed by atoms with Crippen molar-refractivity contribution in [1.82, 2.24) is 0 Å². The van der Waals surface area contributed by atoms with E-state index in [4.69, 9.17) is 0 Å². The first kappa shape index (κ1) is 23.8. The van der Waals surface area contributed by atoms with Crippen molar-refractivity contribution in [3.63, 3.8) is 0 Å². The van der Waals surface area contributed by atoms with Gasteiger partial charge in [0.05, 0.1) is 0 Å². The van der Waals surface area contributed by atoms with E-state index in [2.05, 4.69) is 152 Å². The molecular weight excluding hydrogens is 525 g/mol. The highest BCUT2D eigenvalue weighted by molar-refractivity contribution is 7.99. The third kappa shape index (κ3) is 3.57. The van der Waals surface area contributed by atoms with Gasteiger partial charge in [0.2, 0.25) is 0 Å². The lowest BCUT2D eigenvalue weighted by Crippen LogP contribution is -2.11. The predicted octanol–water partition coefficient (Wildman–Crippen LogP) is 11.6. The Labute approximate surface area is 249 Å². The van der Waals surface area contributed by atoms with E-state index in [1.54, 1.807) is 0 Å². The Balaban J connectivity index is 1.30. The maximum atomic E-state index is 2.38. The van der Waals surface area contributed by atoms with Gasteiger partial charge < -0.3 is 0 Å². The Morgan fingerprint density at radius 1 is 0.381 bits per heavy atom. The molecule has 0 atom stereocenters. The van der Waals surface area contributed by atoms with Crippen LogP contribution in [0.3, 0.4) is 0 Å². The molecular formula is C41H26S. The van der Waals surface area contributed by atoms with E-state index in [0.717, 1.165) is 0 Å². The molecule has 8 aromatic rings. The van der Waals surface area contributed by atoms with Gasteiger partial charge in [-0.2, -0.15) is 0 Å². The van der Waals surface area contributed by atoms with E-state index >= 15 is 0 Å². The van der Waals surface area contributed by atoms with E-state index < -0.39 is 0 Å². The van der Waals surface area contributed by atoms with Crippen molar-refractivity contribution in [3.05, 3.63) is 168 Å². The zero-order valence-corrected chi connectivity index (χ0v) is 23.7. The summed E-state index contributed by atoms with van der Waals surface area (Å²) in [5.74, 6) is 0.145. The van der Waals surface area contributed by atoms with Crippen LogP contribution in [0.4, 0.5) is 0 Å². The second-order valence-electron chi connectivity index (χ2n) is 11.2. The van der Waals surface area contributed by atoms with E-state index in [1.807, 2.05) is 11.8 Å². The van der Waals surface area contributed by atoms with Gasteiger partial charge in [0.1, 0.15) is 0 Å². The van der Waals surface area contributed by atoms with Crippen molar-refractivity contribution in [3.8, 4) is 11.1 Å². The quantitative estimate of drug-likeness (QED) is 0.193. The van der Waals surface area contributed by atoms with Gasteiger partial charge in [0.15, 0.2) is 0 Å². The highest BCUT2D eigenvalue weighted by atomic mass is 32.2. The molecule has 0 saturated heterocycles. The molecule has 1 aliphatic heterocycles. The second-order valence-corrected chi connectivity index (χ2v) is 12.3. The van der Waals surface area contributed by atoms with Crippen LogP contribution in [0.25, 0.3) is 54.2 Å². The first-order valence-electron chi connectivity index (χ1n) is 14.6. The minimum absolute atomic E-state index is 0.145. The number of benzene rings is 8. The van der Waals surface area contributed by atoms with Gasteiger partial charge in [0, 0.05) is 15.7 Å².